The SMILES string of the molecule is CC(O)CCO.OC[C@@H](O)[C@@H](O)[C@H](O)[C@H](O)CO. The molecule has 0 aromatic heterocycles. The second kappa shape index (κ2) is 11.8. The Morgan fingerprint density at radius 3 is 1.17 bits per heavy atom. The minimum atomic E-state index is -1.67. The molecule has 0 bridgehead atoms. The molecule has 0 aromatic carbocycles. The van der Waals surface area contributed by atoms with Gasteiger partial charge in [-0.3, -0.25) is 0 Å². The highest BCUT2D eigenvalue weighted by Crippen LogP contribution is 2.03. The molecule has 0 aromatic rings. The summed E-state index contributed by atoms with van der Waals surface area (Å²) in [5.41, 5.74) is 0. The Kier molecular flexibility index (Phi) is 13.1. The summed E-state index contributed by atoms with van der Waals surface area (Å²) in [5.74, 6) is 0. The molecular weight excluding hydrogens is 248 g/mol. The van der Waals surface area contributed by atoms with Gasteiger partial charge in [-0.15, -0.1) is 0 Å². The largest absolute Gasteiger partial charge is 0.396 e. The molecule has 0 saturated carbocycles. The van der Waals surface area contributed by atoms with Crippen LogP contribution in [0.3, 0.4) is 0 Å². The third-order valence-corrected chi connectivity index (χ3v) is 2.06. The topological polar surface area (TPSA) is 162 Å². The lowest BCUT2D eigenvalue weighted by Gasteiger charge is -2.24. The maximum absolute atomic E-state index is 8.96. The van der Waals surface area contributed by atoms with Crippen LogP contribution >= 0.6 is 0 Å². The number of aliphatic hydroxyl groups excluding tert-OH is 8. The van der Waals surface area contributed by atoms with E-state index in [1.54, 1.807) is 6.92 Å². The first-order chi connectivity index (χ1) is 8.31. The van der Waals surface area contributed by atoms with Crippen molar-refractivity contribution in [2.24, 2.45) is 0 Å². The van der Waals surface area contributed by atoms with Gasteiger partial charge in [0.1, 0.15) is 24.4 Å². The van der Waals surface area contributed by atoms with Gasteiger partial charge < -0.3 is 40.9 Å². The van der Waals surface area contributed by atoms with Gasteiger partial charge >= 0.3 is 0 Å². The molecular formula is C10H24O8. The summed E-state index contributed by atoms with van der Waals surface area (Å²) < 4.78 is 0. The smallest absolute Gasteiger partial charge is 0.111 e. The van der Waals surface area contributed by atoms with E-state index in [1.807, 2.05) is 0 Å². The zero-order chi connectivity index (χ0) is 14.7. The van der Waals surface area contributed by atoms with Crippen molar-refractivity contribution in [1.82, 2.24) is 0 Å². The molecule has 8 heteroatoms. The van der Waals surface area contributed by atoms with Crippen molar-refractivity contribution >= 4 is 0 Å². The molecule has 5 atom stereocenters. The van der Waals surface area contributed by atoms with Crippen molar-refractivity contribution in [3.05, 3.63) is 0 Å². The van der Waals surface area contributed by atoms with Gasteiger partial charge in [0.15, 0.2) is 0 Å². The lowest BCUT2D eigenvalue weighted by atomic mass is 10.0. The van der Waals surface area contributed by atoms with Crippen molar-refractivity contribution in [3.63, 3.8) is 0 Å². The van der Waals surface area contributed by atoms with E-state index < -0.39 is 37.6 Å². The molecule has 0 spiro atoms. The van der Waals surface area contributed by atoms with Crippen LogP contribution in [0.4, 0.5) is 0 Å². The van der Waals surface area contributed by atoms with Crippen molar-refractivity contribution < 1.29 is 40.9 Å². The highest BCUT2D eigenvalue weighted by molar-refractivity contribution is 4.79. The Balaban J connectivity index is 0. The normalized spacial score (nSPS) is 19.2. The first-order valence-electron chi connectivity index (χ1n) is 5.54. The van der Waals surface area contributed by atoms with Gasteiger partial charge in [0.05, 0.1) is 19.3 Å². The van der Waals surface area contributed by atoms with E-state index in [0.717, 1.165) is 0 Å². The first-order valence-corrected chi connectivity index (χ1v) is 5.54. The van der Waals surface area contributed by atoms with E-state index in [4.69, 9.17) is 40.9 Å². The molecule has 0 saturated heterocycles. The van der Waals surface area contributed by atoms with Gasteiger partial charge in [0.25, 0.3) is 0 Å². The van der Waals surface area contributed by atoms with Gasteiger partial charge in [0, 0.05) is 6.61 Å². The van der Waals surface area contributed by atoms with Crippen LogP contribution < -0.4 is 0 Å². The molecule has 0 aliphatic carbocycles. The van der Waals surface area contributed by atoms with E-state index in [1.165, 1.54) is 0 Å². The summed E-state index contributed by atoms with van der Waals surface area (Å²) in [6.07, 6.45) is -6.26. The van der Waals surface area contributed by atoms with Crippen LogP contribution in [-0.4, -0.2) is 91.2 Å². The minimum absolute atomic E-state index is 0.0810. The Morgan fingerprint density at radius 2 is 1.06 bits per heavy atom. The summed E-state index contributed by atoms with van der Waals surface area (Å²) in [4.78, 5) is 0. The van der Waals surface area contributed by atoms with E-state index in [9.17, 15) is 0 Å². The number of hydrogen-bond donors (Lipinski definition) is 8. The Labute approximate surface area is 105 Å². The summed E-state index contributed by atoms with van der Waals surface area (Å²) in [6.45, 7) is 0.278. The average molecular weight is 272 g/mol. The molecule has 0 rings (SSSR count). The minimum Gasteiger partial charge on any atom is -0.396 e. The highest BCUT2D eigenvalue weighted by atomic mass is 16.4. The summed E-state index contributed by atoms with van der Waals surface area (Å²) in [6, 6.07) is 0. The van der Waals surface area contributed by atoms with Gasteiger partial charge in [-0.1, -0.05) is 0 Å². The molecule has 0 amide bonds. The second-order valence-corrected chi connectivity index (χ2v) is 3.84. The van der Waals surface area contributed by atoms with Gasteiger partial charge in [-0.2, -0.15) is 0 Å². The van der Waals surface area contributed by atoms with Crippen LogP contribution in [-0.2, 0) is 0 Å². The van der Waals surface area contributed by atoms with Crippen LogP contribution in [0, 0.1) is 0 Å². The third-order valence-electron chi connectivity index (χ3n) is 2.06. The lowest BCUT2D eigenvalue weighted by Crippen LogP contribution is -2.46. The number of rotatable bonds is 7. The zero-order valence-electron chi connectivity index (χ0n) is 10.3. The molecule has 0 heterocycles. The van der Waals surface area contributed by atoms with Crippen molar-refractivity contribution in [1.29, 1.82) is 0 Å². The predicted octanol–water partition coefficient (Wildman–Crippen LogP) is -3.84. The molecule has 0 aliphatic rings. The molecule has 0 radical (unpaired) electrons. The molecule has 18 heavy (non-hydrogen) atoms. The third kappa shape index (κ3) is 9.68. The zero-order valence-corrected chi connectivity index (χ0v) is 10.3. The van der Waals surface area contributed by atoms with Crippen LogP contribution in [0.5, 0.6) is 0 Å². The van der Waals surface area contributed by atoms with Gasteiger partial charge in [-0.25, -0.2) is 0 Å². The Morgan fingerprint density at radius 1 is 0.722 bits per heavy atom. The maximum atomic E-state index is 8.96. The molecule has 1 unspecified atom stereocenters. The quantitative estimate of drug-likeness (QED) is 0.234. The summed E-state index contributed by atoms with van der Waals surface area (Å²) in [5, 5.41) is 68.6. The van der Waals surface area contributed by atoms with Crippen molar-refractivity contribution in [2.75, 3.05) is 19.8 Å². The van der Waals surface area contributed by atoms with Crippen LogP contribution in [0.15, 0.2) is 0 Å². The van der Waals surface area contributed by atoms with Crippen LogP contribution in [0.1, 0.15) is 13.3 Å². The summed E-state index contributed by atoms with van der Waals surface area (Å²) >= 11 is 0. The Bertz CT molecular complexity index is 163. The van der Waals surface area contributed by atoms with Gasteiger partial charge in [-0.05, 0) is 13.3 Å². The standard InChI is InChI=1S/C6H14O6.C4H10O2/c7-1-3(9)5(11)6(12)4(10)2-8;1-4(6)2-3-5/h3-12H,1-2H2;4-6H,2-3H2,1H3/t3-,4-,5-,6-;/m1./s1. The van der Waals surface area contributed by atoms with Crippen LogP contribution in [0.2, 0.25) is 0 Å². The molecule has 8 N–H and O–H groups in total. The lowest BCUT2D eigenvalue weighted by molar-refractivity contribution is -0.123. The monoisotopic (exact) mass is 272 g/mol. The molecule has 0 fully saturated rings. The van der Waals surface area contributed by atoms with Crippen LogP contribution in [0.25, 0.3) is 0 Å². The molecule has 112 valence electrons. The average Bonchev–Trinajstić information content (AvgIpc) is 2.35. The second-order valence-electron chi connectivity index (χ2n) is 3.84. The fourth-order valence-corrected chi connectivity index (χ4v) is 0.858. The number of aliphatic hydroxyl groups is 8. The first kappa shape index (κ1) is 20.0. The highest BCUT2D eigenvalue weighted by Gasteiger charge is 2.29. The maximum Gasteiger partial charge on any atom is 0.111 e. The van der Waals surface area contributed by atoms with Gasteiger partial charge in [0.2, 0.25) is 0 Å². The van der Waals surface area contributed by atoms with E-state index in [-0.39, 0.29) is 12.7 Å². The van der Waals surface area contributed by atoms with Crippen molar-refractivity contribution in [3.8, 4) is 0 Å². The fourth-order valence-electron chi connectivity index (χ4n) is 0.858. The predicted molar refractivity (Wildman–Crippen MR) is 61.6 cm³/mol. The Hall–Kier alpha value is -0.320. The van der Waals surface area contributed by atoms with Crippen molar-refractivity contribution in [2.45, 2.75) is 43.9 Å². The van der Waals surface area contributed by atoms with E-state index in [2.05, 4.69) is 0 Å². The molecule has 8 nitrogen and oxygen atoms in total. The molecule has 0 aliphatic heterocycles. The fraction of sp³-hybridized carbons (Fsp3) is 1.00. The van der Waals surface area contributed by atoms with E-state index in [0.29, 0.717) is 6.42 Å². The summed E-state index contributed by atoms with van der Waals surface area (Å²) in [7, 11) is 0. The van der Waals surface area contributed by atoms with E-state index >= 15 is 0 Å². The number of hydrogen-bond acceptors (Lipinski definition) is 8.